The maximum Gasteiger partial charge on any atom is 0.243 e. The molecule has 0 bridgehead atoms. The van der Waals surface area contributed by atoms with Crippen LogP contribution in [0, 0.1) is 0 Å². The summed E-state index contributed by atoms with van der Waals surface area (Å²) in [6.45, 7) is 8.87. The third kappa shape index (κ3) is 3.28. The first kappa shape index (κ1) is 15.1. The van der Waals surface area contributed by atoms with Gasteiger partial charge in [-0.05, 0) is 39.7 Å². The van der Waals surface area contributed by atoms with Crippen LogP contribution in [0.1, 0.15) is 33.6 Å². The van der Waals surface area contributed by atoms with Crippen LogP contribution in [0.2, 0.25) is 0 Å². The summed E-state index contributed by atoms with van der Waals surface area (Å²) in [5, 5.41) is 2.64. The van der Waals surface area contributed by atoms with Gasteiger partial charge in [0.2, 0.25) is 5.91 Å². The first-order chi connectivity index (χ1) is 8.90. The summed E-state index contributed by atoms with van der Waals surface area (Å²) in [5.74, 6) is -0.337. The second kappa shape index (κ2) is 6.27. The number of carbonyl (C=O) groups excluding carboxylic acids is 3. The Hall–Kier alpha value is -1.97. The number of Topliss-reactive ketones (excluding diaryl/α,β-unsaturated/α-hetero) is 2. The van der Waals surface area contributed by atoms with Crippen molar-refractivity contribution in [3.63, 3.8) is 0 Å². The predicted octanol–water partition coefficient (Wildman–Crippen LogP) is 1.87. The minimum Gasteiger partial charge on any atom is -0.353 e. The van der Waals surface area contributed by atoms with Gasteiger partial charge in [-0.1, -0.05) is 6.58 Å². The van der Waals surface area contributed by atoms with Crippen molar-refractivity contribution in [3.8, 4) is 0 Å². The minimum atomic E-state index is -0.233. The molecule has 0 aromatic heterocycles. The molecular weight excluding hydrogens is 242 g/mol. The molecule has 4 nitrogen and oxygen atoms in total. The minimum absolute atomic E-state index is 0.0513. The molecule has 0 radical (unpaired) electrons. The van der Waals surface area contributed by atoms with Gasteiger partial charge in [-0.25, -0.2) is 0 Å². The Labute approximate surface area is 113 Å². The van der Waals surface area contributed by atoms with E-state index in [1.165, 1.54) is 6.08 Å². The van der Waals surface area contributed by atoms with E-state index in [1.807, 2.05) is 0 Å². The molecule has 0 heterocycles. The van der Waals surface area contributed by atoms with Gasteiger partial charge in [0.05, 0.1) is 0 Å². The Kier molecular flexibility index (Phi) is 4.98. The molecule has 0 fully saturated rings. The number of hydrogen-bond donors (Lipinski definition) is 1. The molecule has 1 aliphatic rings. The molecule has 4 heteroatoms. The van der Waals surface area contributed by atoms with E-state index >= 15 is 0 Å². The summed E-state index contributed by atoms with van der Waals surface area (Å²) < 4.78 is 0. The highest BCUT2D eigenvalue weighted by atomic mass is 16.1. The van der Waals surface area contributed by atoms with E-state index in [0.29, 0.717) is 41.7 Å². The van der Waals surface area contributed by atoms with Crippen LogP contribution in [0.3, 0.4) is 0 Å². The normalized spacial score (nSPS) is 15.9. The van der Waals surface area contributed by atoms with Crippen molar-refractivity contribution < 1.29 is 14.4 Å². The first-order valence-electron chi connectivity index (χ1n) is 6.27. The maximum absolute atomic E-state index is 12.1. The van der Waals surface area contributed by atoms with Gasteiger partial charge < -0.3 is 5.32 Å². The van der Waals surface area contributed by atoms with Gasteiger partial charge in [0, 0.05) is 28.8 Å². The Morgan fingerprint density at radius 1 is 1.11 bits per heavy atom. The van der Waals surface area contributed by atoms with Crippen LogP contribution in [-0.4, -0.2) is 24.0 Å². The molecule has 0 unspecified atom stereocenters. The number of carbonyl (C=O) groups is 3. The average Bonchev–Trinajstić information content (AvgIpc) is 2.41. The van der Waals surface area contributed by atoms with Crippen LogP contribution in [0.5, 0.6) is 0 Å². The Balaban J connectivity index is 2.68. The lowest BCUT2D eigenvalue weighted by molar-refractivity contribution is -0.116. The zero-order valence-electron chi connectivity index (χ0n) is 11.6. The lowest BCUT2D eigenvalue weighted by atomic mass is 9.84. The molecular formula is C15H19NO3. The third-order valence-corrected chi connectivity index (χ3v) is 3.40. The topological polar surface area (TPSA) is 63.2 Å². The van der Waals surface area contributed by atoms with Crippen molar-refractivity contribution >= 4 is 17.5 Å². The van der Waals surface area contributed by atoms with Crippen molar-refractivity contribution in [3.05, 3.63) is 34.9 Å². The summed E-state index contributed by atoms with van der Waals surface area (Å²) in [6.07, 6.45) is 2.33. The second-order valence-electron chi connectivity index (χ2n) is 4.61. The van der Waals surface area contributed by atoms with Crippen LogP contribution >= 0.6 is 0 Å². The second-order valence-corrected chi connectivity index (χ2v) is 4.61. The molecule has 0 saturated carbocycles. The molecule has 0 spiro atoms. The van der Waals surface area contributed by atoms with E-state index in [0.717, 1.165) is 0 Å². The number of hydrogen-bond acceptors (Lipinski definition) is 3. The van der Waals surface area contributed by atoms with E-state index in [-0.39, 0.29) is 17.5 Å². The van der Waals surface area contributed by atoms with Gasteiger partial charge in [0.25, 0.3) is 0 Å². The van der Waals surface area contributed by atoms with E-state index < -0.39 is 0 Å². The summed E-state index contributed by atoms with van der Waals surface area (Å²) in [7, 11) is 0. The van der Waals surface area contributed by atoms with Gasteiger partial charge in [0.1, 0.15) is 0 Å². The quantitative estimate of drug-likeness (QED) is 0.467. The third-order valence-electron chi connectivity index (χ3n) is 3.40. The number of nitrogens with one attached hydrogen (secondary N) is 1. The summed E-state index contributed by atoms with van der Waals surface area (Å²) >= 11 is 0. The predicted molar refractivity (Wildman–Crippen MR) is 73.5 cm³/mol. The number of rotatable bonds is 5. The van der Waals surface area contributed by atoms with Crippen molar-refractivity contribution in [2.45, 2.75) is 33.6 Å². The highest BCUT2D eigenvalue weighted by Gasteiger charge is 2.27. The molecule has 1 N–H and O–H groups in total. The van der Waals surface area contributed by atoms with Crippen LogP contribution in [0.25, 0.3) is 0 Å². The van der Waals surface area contributed by atoms with Crippen molar-refractivity contribution in [2.75, 3.05) is 6.54 Å². The monoisotopic (exact) mass is 261 g/mol. The van der Waals surface area contributed by atoms with E-state index in [9.17, 15) is 14.4 Å². The first-order valence-corrected chi connectivity index (χ1v) is 6.27. The van der Waals surface area contributed by atoms with Gasteiger partial charge in [-0.3, -0.25) is 14.4 Å². The van der Waals surface area contributed by atoms with Crippen LogP contribution in [-0.2, 0) is 14.4 Å². The highest BCUT2D eigenvalue weighted by Crippen LogP contribution is 2.26. The average molecular weight is 261 g/mol. The zero-order chi connectivity index (χ0) is 14.6. The fourth-order valence-corrected chi connectivity index (χ4v) is 2.01. The lowest BCUT2D eigenvalue weighted by Gasteiger charge is -2.18. The number of allylic oxidation sites excluding steroid dienone is 4. The molecule has 0 aromatic rings. The molecule has 102 valence electrons. The maximum atomic E-state index is 12.1. The van der Waals surface area contributed by atoms with E-state index in [1.54, 1.807) is 20.8 Å². The molecule has 0 atom stereocenters. The molecule has 0 saturated heterocycles. The van der Waals surface area contributed by atoms with Crippen molar-refractivity contribution in [1.82, 2.24) is 5.32 Å². The fraction of sp³-hybridized carbons (Fsp3) is 0.400. The van der Waals surface area contributed by atoms with E-state index in [2.05, 4.69) is 11.9 Å². The molecule has 19 heavy (non-hydrogen) atoms. The molecule has 0 aromatic carbocycles. The summed E-state index contributed by atoms with van der Waals surface area (Å²) in [6, 6.07) is 0. The molecule has 1 amide bonds. The van der Waals surface area contributed by atoms with Gasteiger partial charge in [-0.15, -0.1) is 0 Å². The largest absolute Gasteiger partial charge is 0.353 e. The number of amides is 1. The Bertz CT molecular complexity index is 509. The SMILES string of the molecule is C=CC(=O)NCCCC1=C(C)C(=O)C(C)=C(C)C1=O. The zero-order valence-corrected chi connectivity index (χ0v) is 11.6. The van der Waals surface area contributed by atoms with Crippen LogP contribution in [0.15, 0.2) is 34.9 Å². The van der Waals surface area contributed by atoms with Gasteiger partial charge in [0.15, 0.2) is 11.6 Å². The van der Waals surface area contributed by atoms with Crippen LogP contribution in [0.4, 0.5) is 0 Å². The van der Waals surface area contributed by atoms with Gasteiger partial charge in [-0.2, -0.15) is 0 Å². The molecule has 0 aliphatic heterocycles. The van der Waals surface area contributed by atoms with Crippen molar-refractivity contribution in [2.24, 2.45) is 0 Å². The summed E-state index contributed by atoms with van der Waals surface area (Å²) in [4.78, 5) is 35.0. The van der Waals surface area contributed by atoms with E-state index in [4.69, 9.17) is 0 Å². The molecule has 1 rings (SSSR count). The van der Waals surface area contributed by atoms with Crippen LogP contribution < -0.4 is 5.32 Å². The summed E-state index contributed by atoms with van der Waals surface area (Å²) in [5.41, 5.74) is 2.16. The Morgan fingerprint density at radius 2 is 1.68 bits per heavy atom. The lowest BCUT2D eigenvalue weighted by Crippen LogP contribution is -2.24. The van der Waals surface area contributed by atoms with Crippen molar-refractivity contribution in [1.29, 1.82) is 0 Å². The van der Waals surface area contributed by atoms with Gasteiger partial charge >= 0.3 is 0 Å². The smallest absolute Gasteiger partial charge is 0.243 e. The fourth-order valence-electron chi connectivity index (χ4n) is 2.01. The highest BCUT2D eigenvalue weighted by molar-refractivity contribution is 6.24. The number of ketones is 2. The standard InChI is InChI=1S/C15H19NO3/c1-5-13(17)16-8-6-7-12-11(4)14(18)9(2)10(3)15(12)19/h5H,1,6-8H2,2-4H3,(H,16,17). The Morgan fingerprint density at radius 3 is 2.26 bits per heavy atom. The molecule has 1 aliphatic carbocycles.